The first-order valence-electron chi connectivity index (χ1n) is 6.73. The van der Waals surface area contributed by atoms with E-state index < -0.39 is 24.1 Å². The van der Waals surface area contributed by atoms with Crippen molar-refractivity contribution in [1.29, 1.82) is 0 Å². The third-order valence-electron chi connectivity index (χ3n) is 2.93. The molecule has 118 valence electrons. The number of carbonyl (C=O) groups is 1. The number of hydrogen-bond donors (Lipinski definition) is 2. The van der Waals surface area contributed by atoms with E-state index in [0.717, 1.165) is 31.0 Å². The van der Waals surface area contributed by atoms with Crippen molar-refractivity contribution in [2.75, 3.05) is 6.54 Å². The summed E-state index contributed by atoms with van der Waals surface area (Å²) < 4.78 is 41.8. The summed E-state index contributed by atoms with van der Waals surface area (Å²) in [5.74, 6) is -1.87. The molecule has 0 fully saturated rings. The fourth-order valence-corrected chi connectivity index (χ4v) is 1.84. The van der Waals surface area contributed by atoms with Gasteiger partial charge in [0.25, 0.3) is 5.91 Å². The monoisotopic (exact) mass is 304 g/mol. The minimum atomic E-state index is -3.14. The number of carbonyl (C=O) groups excluding carboxylic acids is 1. The van der Waals surface area contributed by atoms with E-state index in [1.807, 2.05) is 6.92 Å². The van der Waals surface area contributed by atoms with E-state index >= 15 is 0 Å². The van der Waals surface area contributed by atoms with Crippen LogP contribution in [-0.2, 0) is 0 Å². The Labute approximate surface area is 121 Å². The topological polar surface area (TPSA) is 64.3 Å². The highest BCUT2D eigenvalue weighted by atomic mass is 19.3. The Morgan fingerprint density at radius 2 is 2.14 bits per heavy atom. The second-order valence-electron chi connectivity index (χ2n) is 4.57. The van der Waals surface area contributed by atoms with E-state index in [1.54, 1.807) is 0 Å². The maximum Gasteiger partial charge on any atom is 0.387 e. The van der Waals surface area contributed by atoms with Crippen molar-refractivity contribution in [3.8, 4) is 5.75 Å². The van der Waals surface area contributed by atoms with Gasteiger partial charge in [0, 0.05) is 18.7 Å². The maximum atomic E-state index is 13.1. The van der Waals surface area contributed by atoms with Crippen LogP contribution in [0.2, 0.25) is 0 Å². The standard InChI is InChI=1S/C14H19F3N2O2/c1-2-3-4-10(8-18)19-13(20)11-6-5-9(15)7-12(11)21-14(16)17/h5-7,10,14H,2-4,8,18H2,1H3,(H,19,20). The van der Waals surface area contributed by atoms with Crippen molar-refractivity contribution in [1.82, 2.24) is 5.32 Å². The van der Waals surface area contributed by atoms with Crippen LogP contribution >= 0.6 is 0 Å². The van der Waals surface area contributed by atoms with Crippen LogP contribution < -0.4 is 15.8 Å². The first-order valence-corrected chi connectivity index (χ1v) is 6.73. The van der Waals surface area contributed by atoms with Crippen LogP contribution in [0.4, 0.5) is 13.2 Å². The molecule has 1 unspecified atom stereocenters. The molecule has 21 heavy (non-hydrogen) atoms. The van der Waals surface area contributed by atoms with Gasteiger partial charge in [-0.25, -0.2) is 4.39 Å². The molecule has 1 atom stereocenters. The minimum Gasteiger partial charge on any atom is -0.434 e. The summed E-state index contributed by atoms with van der Waals surface area (Å²) in [6.45, 7) is -0.897. The highest BCUT2D eigenvalue weighted by Crippen LogP contribution is 2.22. The van der Waals surface area contributed by atoms with E-state index in [1.165, 1.54) is 0 Å². The molecule has 0 bridgehead atoms. The molecule has 1 amide bonds. The van der Waals surface area contributed by atoms with E-state index in [9.17, 15) is 18.0 Å². The summed E-state index contributed by atoms with van der Waals surface area (Å²) in [4.78, 5) is 12.1. The molecule has 1 aromatic rings. The number of ether oxygens (including phenoxy) is 1. The van der Waals surface area contributed by atoms with Crippen LogP contribution in [0.15, 0.2) is 18.2 Å². The first kappa shape index (κ1) is 17.3. The third-order valence-corrected chi connectivity index (χ3v) is 2.93. The molecule has 0 aromatic heterocycles. The number of nitrogens with two attached hydrogens (primary N) is 1. The lowest BCUT2D eigenvalue weighted by atomic mass is 10.1. The van der Waals surface area contributed by atoms with E-state index in [0.29, 0.717) is 6.42 Å². The van der Waals surface area contributed by atoms with Gasteiger partial charge in [0.15, 0.2) is 0 Å². The molecule has 7 heteroatoms. The van der Waals surface area contributed by atoms with Gasteiger partial charge in [-0.3, -0.25) is 4.79 Å². The van der Waals surface area contributed by atoms with Gasteiger partial charge >= 0.3 is 6.61 Å². The number of alkyl halides is 2. The first-order chi connectivity index (χ1) is 9.97. The molecule has 0 radical (unpaired) electrons. The van der Waals surface area contributed by atoms with Crippen molar-refractivity contribution in [3.63, 3.8) is 0 Å². The quantitative estimate of drug-likeness (QED) is 0.776. The SMILES string of the molecule is CCCCC(CN)NC(=O)c1ccc(F)cc1OC(F)F. The van der Waals surface area contributed by atoms with Crippen molar-refractivity contribution in [2.24, 2.45) is 5.73 Å². The van der Waals surface area contributed by atoms with E-state index in [4.69, 9.17) is 5.73 Å². The van der Waals surface area contributed by atoms with Crippen LogP contribution in [0.3, 0.4) is 0 Å². The summed E-state index contributed by atoms with van der Waals surface area (Å²) in [6, 6.07) is 2.61. The van der Waals surface area contributed by atoms with Crippen molar-refractivity contribution < 1.29 is 22.7 Å². The van der Waals surface area contributed by atoms with Gasteiger partial charge in [0.1, 0.15) is 11.6 Å². The summed E-state index contributed by atoms with van der Waals surface area (Å²) in [7, 11) is 0. The molecular weight excluding hydrogens is 285 g/mol. The Balaban J connectivity index is 2.85. The van der Waals surface area contributed by atoms with Crippen molar-refractivity contribution in [3.05, 3.63) is 29.6 Å². The Morgan fingerprint density at radius 3 is 2.71 bits per heavy atom. The second-order valence-corrected chi connectivity index (χ2v) is 4.57. The minimum absolute atomic E-state index is 0.147. The number of unbranched alkanes of at least 4 members (excludes halogenated alkanes) is 1. The van der Waals surface area contributed by atoms with Crippen LogP contribution in [0.5, 0.6) is 5.75 Å². The van der Waals surface area contributed by atoms with Gasteiger partial charge in [0.2, 0.25) is 0 Å². The molecule has 3 N–H and O–H groups in total. The smallest absolute Gasteiger partial charge is 0.387 e. The van der Waals surface area contributed by atoms with Crippen LogP contribution in [0, 0.1) is 5.82 Å². The van der Waals surface area contributed by atoms with Crippen LogP contribution in [-0.4, -0.2) is 25.1 Å². The molecule has 0 saturated carbocycles. The lowest BCUT2D eigenvalue weighted by molar-refractivity contribution is -0.0503. The molecule has 0 aliphatic rings. The Bertz CT molecular complexity index is 470. The lowest BCUT2D eigenvalue weighted by Gasteiger charge is -2.18. The van der Waals surface area contributed by atoms with Gasteiger partial charge < -0.3 is 15.8 Å². The average Bonchev–Trinajstić information content (AvgIpc) is 2.42. The molecule has 0 aliphatic carbocycles. The van der Waals surface area contributed by atoms with Gasteiger partial charge in [-0.2, -0.15) is 8.78 Å². The Morgan fingerprint density at radius 1 is 1.43 bits per heavy atom. The van der Waals surface area contributed by atoms with Crippen molar-refractivity contribution >= 4 is 5.91 Å². The molecule has 0 saturated heterocycles. The molecule has 0 spiro atoms. The number of nitrogens with one attached hydrogen (secondary N) is 1. The predicted molar refractivity (Wildman–Crippen MR) is 72.9 cm³/mol. The lowest BCUT2D eigenvalue weighted by Crippen LogP contribution is -2.40. The number of halogens is 3. The molecular formula is C14H19F3N2O2. The zero-order valence-corrected chi connectivity index (χ0v) is 11.7. The molecule has 0 heterocycles. The zero-order chi connectivity index (χ0) is 15.8. The van der Waals surface area contributed by atoms with E-state index in [-0.39, 0.29) is 18.2 Å². The maximum absolute atomic E-state index is 13.1. The molecule has 1 rings (SSSR count). The Kier molecular flexibility index (Phi) is 7.01. The molecule has 4 nitrogen and oxygen atoms in total. The number of amides is 1. The fraction of sp³-hybridized carbons (Fsp3) is 0.500. The highest BCUT2D eigenvalue weighted by Gasteiger charge is 2.19. The van der Waals surface area contributed by atoms with Gasteiger partial charge in [-0.15, -0.1) is 0 Å². The van der Waals surface area contributed by atoms with Crippen molar-refractivity contribution in [2.45, 2.75) is 38.8 Å². The zero-order valence-electron chi connectivity index (χ0n) is 11.7. The Hall–Kier alpha value is -1.76. The third kappa shape index (κ3) is 5.63. The van der Waals surface area contributed by atoms with Crippen LogP contribution in [0.1, 0.15) is 36.5 Å². The summed E-state index contributed by atoms with van der Waals surface area (Å²) >= 11 is 0. The normalized spacial score (nSPS) is 12.3. The van der Waals surface area contributed by atoms with Gasteiger partial charge in [0.05, 0.1) is 5.56 Å². The number of hydrogen-bond acceptors (Lipinski definition) is 3. The number of benzene rings is 1. The molecule has 0 aliphatic heterocycles. The number of rotatable bonds is 8. The summed E-state index contributed by atoms with van der Waals surface area (Å²) in [6.07, 6.45) is 2.51. The fourth-order valence-electron chi connectivity index (χ4n) is 1.84. The van der Waals surface area contributed by atoms with Gasteiger partial charge in [-0.05, 0) is 18.6 Å². The van der Waals surface area contributed by atoms with E-state index in [2.05, 4.69) is 10.1 Å². The predicted octanol–water partition coefficient (Wildman–Crippen LogP) is 2.67. The van der Waals surface area contributed by atoms with Crippen LogP contribution in [0.25, 0.3) is 0 Å². The summed E-state index contributed by atoms with van der Waals surface area (Å²) in [5.41, 5.74) is 5.41. The highest BCUT2D eigenvalue weighted by molar-refractivity contribution is 5.97. The summed E-state index contributed by atoms with van der Waals surface area (Å²) in [5, 5.41) is 2.64. The average molecular weight is 304 g/mol. The second kappa shape index (κ2) is 8.51. The molecule has 1 aromatic carbocycles. The van der Waals surface area contributed by atoms with Gasteiger partial charge in [-0.1, -0.05) is 19.8 Å². The largest absolute Gasteiger partial charge is 0.434 e.